The maximum Gasteiger partial charge on any atom is 0.317 e. The Morgan fingerprint density at radius 3 is 1.27 bits per heavy atom. The topological polar surface area (TPSA) is 118 Å². The third-order valence-corrected chi connectivity index (χ3v) is 5.10. The van der Waals surface area contributed by atoms with Crippen LogP contribution in [0.25, 0.3) is 0 Å². The molecule has 8 heteroatoms. The number of hydrogen-bond acceptors (Lipinski definition) is 5. The highest BCUT2D eigenvalue weighted by Crippen LogP contribution is 2.11. The van der Waals surface area contributed by atoms with Gasteiger partial charge in [-0.25, -0.2) is 0 Å². The summed E-state index contributed by atoms with van der Waals surface area (Å²) in [6.07, 6.45) is 14.2. The molecule has 3 N–H and O–H groups in total. The molecule has 0 heterocycles. The second kappa shape index (κ2) is 19.3. The lowest BCUT2D eigenvalue weighted by molar-refractivity contribution is -0.142. The van der Waals surface area contributed by atoms with E-state index in [0.29, 0.717) is 26.1 Å². The monoisotopic (exact) mass is 430 g/mol. The normalized spacial score (nSPS) is 11.3. The maximum absolute atomic E-state index is 11.1. The molecule has 0 aromatic carbocycles. The van der Waals surface area contributed by atoms with Gasteiger partial charge in [0.25, 0.3) is 0 Å². The molecule has 0 rings (SSSR count). The standard InChI is InChI=1S/C22H42N2O6/c1-2-3-4-5-6-7-8-9-10-11-12-14-23(17-20(25)26)15-13-16-24(18-21(27)28)19-22(29)30/h2-19H2,1H3,(H,25,26)(H,27,28)(H,29,30). The van der Waals surface area contributed by atoms with Crippen LogP contribution in [-0.2, 0) is 14.4 Å². The van der Waals surface area contributed by atoms with Gasteiger partial charge in [0.15, 0.2) is 0 Å². The number of nitrogens with zero attached hydrogens (tertiary/aromatic N) is 2. The molecule has 0 atom stereocenters. The van der Waals surface area contributed by atoms with Crippen LogP contribution in [0.5, 0.6) is 0 Å². The van der Waals surface area contributed by atoms with Gasteiger partial charge >= 0.3 is 17.9 Å². The quantitative estimate of drug-likeness (QED) is 0.223. The average Bonchev–Trinajstić information content (AvgIpc) is 2.64. The lowest BCUT2D eigenvalue weighted by atomic mass is 10.1. The van der Waals surface area contributed by atoms with E-state index in [4.69, 9.17) is 15.3 Å². The minimum atomic E-state index is -1.07. The molecule has 0 aromatic rings. The van der Waals surface area contributed by atoms with E-state index in [1.165, 1.54) is 62.7 Å². The molecule has 0 radical (unpaired) electrons. The van der Waals surface area contributed by atoms with Crippen molar-refractivity contribution in [3.8, 4) is 0 Å². The van der Waals surface area contributed by atoms with Gasteiger partial charge in [-0.2, -0.15) is 0 Å². The van der Waals surface area contributed by atoms with Crippen molar-refractivity contribution in [1.82, 2.24) is 9.80 Å². The van der Waals surface area contributed by atoms with Crippen LogP contribution in [0.2, 0.25) is 0 Å². The summed E-state index contributed by atoms with van der Waals surface area (Å²) in [5.41, 5.74) is 0. The molecule has 0 saturated carbocycles. The summed E-state index contributed by atoms with van der Waals surface area (Å²) in [7, 11) is 0. The number of aliphatic carboxylic acids is 3. The van der Waals surface area contributed by atoms with E-state index in [0.717, 1.165) is 12.8 Å². The minimum absolute atomic E-state index is 0.0460. The summed E-state index contributed by atoms with van der Waals surface area (Å²) in [6.45, 7) is 3.04. The number of rotatable bonds is 22. The van der Waals surface area contributed by atoms with Crippen LogP contribution in [0.4, 0.5) is 0 Å². The molecule has 0 spiro atoms. The Labute approximate surface area is 181 Å². The van der Waals surface area contributed by atoms with E-state index in [-0.39, 0.29) is 19.6 Å². The SMILES string of the molecule is CCCCCCCCCCCCCN(CCCN(CC(=O)O)CC(=O)O)CC(=O)O. The van der Waals surface area contributed by atoms with Crippen molar-refractivity contribution >= 4 is 17.9 Å². The molecule has 0 unspecified atom stereocenters. The first-order chi connectivity index (χ1) is 14.3. The first-order valence-corrected chi connectivity index (χ1v) is 11.4. The molecule has 0 aliphatic heterocycles. The summed E-state index contributed by atoms with van der Waals surface area (Å²) < 4.78 is 0. The Morgan fingerprint density at radius 1 is 0.500 bits per heavy atom. The van der Waals surface area contributed by atoms with E-state index < -0.39 is 17.9 Å². The number of carboxylic acid groups (broad SMARTS) is 3. The lowest BCUT2D eigenvalue weighted by Crippen LogP contribution is -2.38. The number of carboxylic acids is 3. The molecule has 0 aliphatic rings. The van der Waals surface area contributed by atoms with Crippen molar-refractivity contribution in [3.63, 3.8) is 0 Å². The van der Waals surface area contributed by atoms with E-state index in [1.54, 1.807) is 0 Å². The van der Waals surface area contributed by atoms with E-state index in [2.05, 4.69) is 6.92 Å². The van der Waals surface area contributed by atoms with Crippen LogP contribution in [0.1, 0.15) is 84.0 Å². The highest BCUT2D eigenvalue weighted by Gasteiger charge is 2.15. The third kappa shape index (κ3) is 19.6. The second-order valence-corrected chi connectivity index (χ2v) is 8.06. The van der Waals surface area contributed by atoms with Crippen molar-refractivity contribution in [3.05, 3.63) is 0 Å². The van der Waals surface area contributed by atoms with Gasteiger partial charge in [-0.05, 0) is 25.9 Å². The van der Waals surface area contributed by atoms with Crippen molar-refractivity contribution < 1.29 is 29.7 Å². The van der Waals surface area contributed by atoms with Gasteiger partial charge in [-0.15, -0.1) is 0 Å². The third-order valence-electron chi connectivity index (χ3n) is 5.10. The zero-order chi connectivity index (χ0) is 22.6. The fraction of sp³-hybridized carbons (Fsp3) is 0.864. The summed E-state index contributed by atoms with van der Waals surface area (Å²) in [5.74, 6) is -3.02. The fourth-order valence-electron chi connectivity index (χ4n) is 3.58. The predicted molar refractivity (Wildman–Crippen MR) is 117 cm³/mol. The fourth-order valence-corrected chi connectivity index (χ4v) is 3.58. The van der Waals surface area contributed by atoms with Crippen LogP contribution in [-0.4, -0.2) is 82.3 Å². The van der Waals surface area contributed by atoms with Gasteiger partial charge in [0.1, 0.15) is 0 Å². The van der Waals surface area contributed by atoms with E-state index in [9.17, 15) is 14.4 Å². The van der Waals surface area contributed by atoms with Gasteiger partial charge < -0.3 is 15.3 Å². The molecule has 0 bridgehead atoms. The Kier molecular flexibility index (Phi) is 18.2. The second-order valence-electron chi connectivity index (χ2n) is 8.06. The Morgan fingerprint density at radius 2 is 0.833 bits per heavy atom. The summed E-state index contributed by atoms with van der Waals surface area (Å²) in [5, 5.41) is 26.8. The van der Waals surface area contributed by atoms with Gasteiger partial charge in [0.2, 0.25) is 0 Å². The van der Waals surface area contributed by atoms with Crippen molar-refractivity contribution in [2.24, 2.45) is 0 Å². The maximum atomic E-state index is 11.1. The van der Waals surface area contributed by atoms with Gasteiger partial charge in [-0.3, -0.25) is 24.2 Å². The van der Waals surface area contributed by atoms with Gasteiger partial charge in [-0.1, -0.05) is 71.1 Å². The average molecular weight is 431 g/mol. The van der Waals surface area contributed by atoms with Crippen LogP contribution in [0.3, 0.4) is 0 Å². The lowest BCUT2D eigenvalue weighted by Gasteiger charge is -2.23. The molecule has 176 valence electrons. The highest BCUT2D eigenvalue weighted by atomic mass is 16.4. The predicted octanol–water partition coefficient (Wildman–Crippen LogP) is 3.55. The molecule has 0 aliphatic carbocycles. The van der Waals surface area contributed by atoms with Crippen LogP contribution in [0.15, 0.2) is 0 Å². The first kappa shape index (κ1) is 28.3. The van der Waals surface area contributed by atoms with Crippen LogP contribution < -0.4 is 0 Å². The zero-order valence-electron chi connectivity index (χ0n) is 18.7. The molecule has 0 saturated heterocycles. The molecule has 0 fully saturated rings. The minimum Gasteiger partial charge on any atom is -0.480 e. The molecule has 8 nitrogen and oxygen atoms in total. The highest BCUT2D eigenvalue weighted by molar-refractivity contribution is 5.72. The van der Waals surface area contributed by atoms with E-state index >= 15 is 0 Å². The summed E-state index contributed by atoms with van der Waals surface area (Å²) in [4.78, 5) is 36.0. The van der Waals surface area contributed by atoms with Gasteiger partial charge in [0, 0.05) is 6.54 Å². The van der Waals surface area contributed by atoms with Gasteiger partial charge in [0.05, 0.1) is 19.6 Å². The number of hydrogen-bond donors (Lipinski definition) is 3. The summed E-state index contributed by atoms with van der Waals surface area (Å²) in [6, 6.07) is 0. The van der Waals surface area contributed by atoms with Crippen molar-refractivity contribution in [2.45, 2.75) is 84.0 Å². The smallest absolute Gasteiger partial charge is 0.317 e. The molecular weight excluding hydrogens is 388 g/mol. The Bertz CT molecular complexity index is 457. The molecule has 30 heavy (non-hydrogen) atoms. The number of carbonyl (C=O) groups is 3. The van der Waals surface area contributed by atoms with Crippen LogP contribution >= 0.6 is 0 Å². The first-order valence-electron chi connectivity index (χ1n) is 11.4. The van der Waals surface area contributed by atoms with Crippen LogP contribution in [0, 0.1) is 0 Å². The summed E-state index contributed by atoms with van der Waals surface area (Å²) >= 11 is 0. The largest absolute Gasteiger partial charge is 0.480 e. The molecule has 0 aromatic heterocycles. The van der Waals surface area contributed by atoms with Crippen molar-refractivity contribution in [2.75, 3.05) is 39.3 Å². The Balaban J connectivity index is 3.98. The zero-order valence-corrected chi connectivity index (χ0v) is 18.7. The molecule has 0 amide bonds. The number of unbranched alkanes of at least 4 members (excludes halogenated alkanes) is 10. The van der Waals surface area contributed by atoms with Crippen molar-refractivity contribution in [1.29, 1.82) is 0 Å². The van der Waals surface area contributed by atoms with E-state index in [1.807, 2.05) is 4.90 Å². The Hall–Kier alpha value is -1.67. The molecular formula is C22H42N2O6.